The molecule has 96 valence electrons. The molecule has 6 heteroatoms. The fourth-order valence-corrected chi connectivity index (χ4v) is 2.15. The van der Waals surface area contributed by atoms with E-state index in [1.807, 2.05) is 29.2 Å². The number of carbonyl (C=O) groups excluding carboxylic acids is 1. The summed E-state index contributed by atoms with van der Waals surface area (Å²) in [5.41, 5.74) is 7.42. The number of aryl methyl sites for hydroxylation is 1. The average molecular weight is 255 g/mol. The quantitative estimate of drug-likeness (QED) is 0.805. The van der Waals surface area contributed by atoms with Gasteiger partial charge >= 0.3 is 0 Å². The Labute approximate surface area is 110 Å². The van der Waals surface area contributed by atoms with Gasteiger partial charge in [-0.3, -0.25) is 4.79 Å². The van der Waals surface area contributed by atoms with E-state index in [9.17, 15) is 4.79 Å². The molecule has 1 aliphatic heterocycles. The molecule has 3 rings (SSSR count). The fraction of sp³-hybridized carbons (Fsp3) is 0.154. The number of fused-ring (bicyclic) bond motifs is 1. The van der Waals surface area contributed by atoms with Gasteiger partial charge in [-0.05, 0) is 19.1 Å². The molecule has 0 bridgehead atoms. The van der Waals surface area contributed by atoms with Crippen molar-refractivity contribution in [3.8, 4) is 0 Å². The average Bonchev–Trinajstić information content (AvgIpc) is 2.36. The van der Waals surface area contributed by atoms with Crippen LogP contribution in [0.15, 0.2) is 30.3 Å². The molecule has 0 saturated carbocycles. The van der Waals surface area contributed by atoms with Gasteiger partial charge in [0.25, 0.3) is 0 Å². The van der Waals surface area contributed by atoms with Crippen molar-refractivity contribution >= 4 is 28.9 Å². The summed E-state index contributed by atoms with van der Waals surface area (Å²) in [4.78, 5) is 22.0. The van der Waals surface area contributed by atoms with E-state index in [4.69, 9.17) is 5.73 Å². The number of nitrogens with one attached hydrogen (secondary N) is 1. The van der Waals surface area contributed by atoms with E-state index in [2.05, 4.69) is 15.3 Å². The number of amides is 1. The van der Waals surface area contributed by atoms with Crippen molar-refractivity contribution in [3.63, 3.8) is 0 Å². The minimum Gasteiger partial charge on any atom is -0.384 e. The molecule has 1 aromatic carbocycles. The Morgan fingerprint density at radius 1 is 1.32 bits per heavy atom. The summed E-state index contributed by atoms with van der Waals surface area (Å²) in [5, 5.41) is 2.83. The topological polar surface area (TPSA) is 84.1 Å². The smallest absolute Gasteiger partial charge is 0.244 e. The maximum absolute atomic E-state index is 11.8. The number of hydrogen-bond donors (Lipinski definition) is 2. The van der Waals surface area contributed by atoms with E-state index in [0.29, 0.717) is 17.5 Å². The van der Waals surface area contributed by atoms with Crippen LogP contribution in [0.5, 0.6) is 0 Å². The Morgan fingerprint density at radius 2 is 2.11 bits per heavy atom. The van der Waals surface area contributed by atoms with Gasteiger partial charge in [-0.1, -0.05) is 12.1 Å². The molecule has 0 atom stereocenters. The summed E-state index contributed by atoms with van der Waals surface area (Å²) in [6, 6.07) is 9.25. The molecule has 1 amide bonds. The molecular formula is C13H13N5O. The molecule has 0 aliphatic carbocycles. The van der Waals surface area contributed by atoms with E-state index in [-0.39, 0.29) is 12.5 Å². The van der Waals surface area contributed by atoms with Crippen LogP contribution >= 0.6 is 0 Å². The zero-order chi connectivity index (χ0) is 13.4. The van der Waals surface area contributed by atoms with Crippen molar-refractivity contribution in [2.75, 3.05) is 22.5 Å². The molecule has 0 spiro atoms. The first-order chi connectivity index (χ1) is 9.13. The molecule has 0 fully saturated rings. The number of carbonyl (C=O) groups is 1. The van der Waals surface area contributed by atoms with Crippen LogP contribution < -0.4 is 16.0 Å². The summed E-state index contributed by atoms with van der Waals surface area (Å²) < 4.78 is 0. The molecule has 2 heterocycles. The molecule has 1 aliphatic rings. The van der Waals surface area contributed by atoms with Crippen LogP contribution in [-0.2, 0) is 4.79 Å². The minimum absolute atomic E-state index is 0.0754. The molecule has 3 N–H and O–H groups in total. The second kappa shape index (κ2) is 4.24. The number of para-hydroxylation sites is 2. The first-order valence-electron chi connectivity index (χ1n) is 5.91. The van der Waals surface area contributed by atoms with Gasteiger partial charge in [-0.15, -0.1) is 0 Å². The largest absolute Gasteiger partial charge is 0.384 e. The number of nitrogens with zero attached hydrogens (tertiary/aromatic N) is 3. The molecule has 0 radical (unpaired) electrons. The van der Waals surface area contributed by atoms with E-state index in [1.54, 1.807) is 13.0 Å². The third-order valence-corrected chi connectivity index (χ3v) is 2.89. The Balaban J connectivity index is 2.12. The number of rotatable bonds is 1. The van der Waals surface area contributed by atoms with E-state index in [0.717, 1.165) is 11.4 Å². The Hall–Kier alpha value is -2.63. The standard InChI is InChI=1S/C13H13N5O/c1-8-15-11(14)6-12(16-8)18-7-13(19)17-9-4-2-3-5-10(9)18/h2-6H,7H2,1H3,(H,17,19)(H2,14,15,16). The highest BCUT2D eigenvalue weighted by Gasteiger charge is 2.23. The first kappa shape index (κ1) is 11.5. The van der Waals surface area contributed by atoms with E-state index >= 15 is 0 Å². The van der Waals surface area contributed by atoms with Crippen molar-refractivity contribution in [1.82, 2.24) is 9.97 Å². The van der Waals surface area contributed by atoms with Gasteiger partial charge in [0.15, 0.2) is 0 Å². The minimum atomic E-state index is -0.0754. The highest BCUT2D eigenvalue weighted by atomic mass is 16.2. The SMILES string of the molecule is Cc1nc(N)cc(N2CC(=O)Nc3ccccc32)n1. The molecule has 2 aromatic rings. The van der Waals surface area contributed by atoms with Crippen molar-refractivity contribution < 1.29 is 4.79 Å². The third-order valence-electron chi connectivity index (χ3n) is 2.89. The van der Waals surface area contributed by atoms with Gasteiger partial charge < -0.3 is 16.0 Å². The summed E-state index contributed by atoms with van der Waals surface area (Å²) in [5.74, 6) is 1.53. The molecule has 0 saturated heterocycles. The van der Waals surface area contributed by atoms with Crippen LogP contribution in [0.25, 0.3) is 0 Å². The highest BCUT2D eigenvalue weighted by molar-refractivity contribution is 6.02. The summed E-state index contributed by atoms with van der Waals surface area (Å²) in [6.07, 6.45) is 0. The Bertz CT molecular complexity index is 635. The summed E-state index contributed by atoms with van der Waals surface area (Å²) in [7, 11) is 0. The Kier molecular flexibility index (Phi) is 2.56. The predicted molar refractivity (Wildman–Crippen MR) is 73.3 cm³/mol. The lowest BCUT2D eigenvalue weighted by Gasteiger charge is -2.30. The lowest BCUT2D eigenvalue weighted by atomic mass is 10.2. The number of benzene rings is 1. The van der Waals surface area contributed by atoms with Crippen molar-refractivity contribution in [2.24, 2.45) is 0 Å². The number of anilines is 4. The third kappa shape index (κ3) is 2.08. The molecule has 1 aromatic heterocycles. The summed E-state index contributed by atoms with van der Waals surface area (Å²) >= 11 is 0. The maximum atomic E-state index is 11.8. The number of aromatic nitrogens is 2. The number of nitrogens with two attached hydrogens (primary N) is 1. The zero-order valence-corrected chi connectivity index (χ0v) is 10.4. The van der Waals surface area contributed by atoms with Gasteiger partial charge in [0.05, 0.1) is 11.4 Å². The molecule has 19 heavy (non-hydrogen) atoms. The van der Waals surface area contributed by atoms with Crippen molar-refractivity contribution in [1.29, 1.82) is 0 Å². The van der Waals surface area contributed by atoms with Crippen LogP contribution in [0.4, 0.5) is 23.0 Å². The van der Waals surface area contributed by atoms with Gasteiger partial charge in [0, 0.05) is 6.07 Å². The molecule has 0 unspecified atom stereocenters. The highest BCUT2D eigenvalue weighted by Crippen LogP contribution is 2.34. The number of nitrogen functional groups attached to an aromatic ring is 1. The second-order valence-corrected chi connectivity index (χ2v) is 4.35. The zero-order valence-electron chi connectivity index (χ0n) is 10.4. The Morgan fingerprint density at radius 3 is 2.89 bits per heavy atom. The van der Waals surface area contributed by atoms with E-state index in [1.165, 1.54) is 0 Å². The van der Waals surface area contributed by atoms with Crippen LogP contribution in [-0.4, -0.2) is 22.4 Å². The lowest BCUT2D eigenvalue weighted by molar-refractivity contribution is -0.115. The second-order valence-electron chi connectivity index (χ2n) is 4.35. The molecular weight excluding hydrogens is 242 g/mol. The lowest BCUT2D eigenvalue weighted by Crippen LogP contribution is -2.35. The normalized spacial score (nSPS) is 13.9. The fourth-order valence-electron chi connectivity index (χ4n) is 2.15. The van der Waals surface area contributed by atoms with Gasteiger partial charge in [-0.2, -0.15) is 0 Å². The molecule has 6 nitrogen and oxygen atoms in total. The van der Waals surface area contributed by atoms with Gasteiger partial charge in [0.2, 0.25) is 5.91 Å². The van der Waals surface area contributed by atoms with Crippen molar-refractivity contribution in [2.45, 2.75) is 6.92 Å². The van der Waals surface area contributed by atoms with E-state index < -0.39 is 0 Å². The number of hydrogen-bond acceptors (Lipinski definition) is 5. The van der Waals surface area contributed by atoms with Crippen LogP contribution in [0.2, 0.25) is 0 Å². The van der Waals surface area contributed by atoms with Crippen molar-refractivity contribution in [3.05, 3.63) is 36.2 Å². The summed E-state index contributed by atoms with van der Waals surface area (Å²) in [6.45, 7) is 1.99. The van der Waals surface area contributed by atoms with Gasteiger partial charge in [-0.25, -0.2) is 9.97 Å². The van der Waals surface area contributed by atoms with Crippen LogP contribution in [0.3, 0.4) is 0 Å². The first-order valence-corrected chi connectivity index (χ1v) is 5.91. The monoisotopic (exact) mass is 255 g/mol. The van der Waals surface area contributed by atoms with Gasteiger partial charge in [0.1, 0.15) is 24.0 Å². The maximum Gasteiger partial charge on any atom is 0.244 e. The van der Waals surface area contributed by atoms with Crippen LogP contribution in [0, 0.1) is 6.92 Å². The van der Waals surface area contributed by atoms with Crippen LogP contribution in [0.1, 0.15) is 5.82 Å². The predicted octanol–water partition coefficient (Wildman–Crippen LogP) is 1.46.